The first-order valence-electron chi connectivity index (χ1n) is 10.8. The Kier molecular flexibility index (Phi) is 6.27. The van der Waals surface area contributed by atoms with Gasteiger partial charge in [0.05, 0.1) is 12.2 Å². The van der Waals surface area contributed by atoms with E-state index in [1.807, 2.05) is 24.5 Å². The highest BCUT2D eigenvalue weighted by atomic mass is 16.3. The molecular weight excluding hydrogens is 358 g/mol. The van der Waals surface area contributed by atoms with Crippen molar-refractivity contribution in [2.45, 2.75) is 51.2 Å². The van der Waals surface area contributed by atoms with E-state index in [1.165, 1.54) is 16.7 Å². The van der Waals surface area contributed by atoms with Crippen LogP contribution in [-0.2, 0) is 12.8 Å². The van der Waals surface area contributed by atoms with Gasteiger partial charge in [0.25, 0.3) is 0 Å². The first-order valence-corrected chi connectivity index (χ1v) is 10.8. The number of allylic oxidation sites excluding steroid dienone is 2. The third kappa shape index (κ3) is 5.04. The zero-order chi connectivity index (χ0) is 20.2. The summed E-state index contributed by atoms with van der Waals surface area (Å²) < 4.78 is 0. The van der Waals surface area contributed by atoms with Crippen molar-refractivity contribution >= 4 is 0 Å². The van der Waals surface area contributed by atoms with E-state index in [4.69, 9.17) is 0 Å². The molecule has 0 aliphatic heterocycles. The maximum absolute atomic E-state index is 10.6. The second-order valence-corrected chi connectivity index (χ2v) is 8.74. The van der Waals surface area contributed by atoms with Crippen molar-refractivity contribution in [2.75, 3.05) is 0 Å². The van der Waals surface area contributed by atoms with Crippen LogP contribution in [0.3, 0.4) is 0 Å². The molecule has 0 radical (unpaired) electrons. The normalized spacial score (nSPS) is 27.2. The molecule has 1 heterocycles. The number of nitrogens with zero attached hydrogens (tertiary/aromatic N) is 1. The lowest BCUT2D eigenvalue weighted by atomic mass is 9.88. The molecule has 1 aromatic heterocycles. The number of aliphatic hydroxyl groups excluding tert-OH is 2. The quantitative estimate of drug-likeness (QED) is 0.689. The Morgan fingerprint density at radius 2 is 1.97 bits per heavy atom. The maximum atomic E-state index is 10.6. The fourth-order valence-electron chi connectivity index (χ4n) is 5.05. The topological polar surface area (TPSA) is 53.4 Å². The molecule has 2 aromatic rings. The van der Waals surface area contributed by atoms with Crippen LogP contribution in [0.1, 0.15) is 36.0 Å². The SMILES string of the molecule is Cc1cccc(C[C@@H](O)/C=C/[C@@H]2[C@H]3CC(CCc4ccncc4)=C[C@H]3C[C@H]2O)c1. The molecule has 3 nitrogen and oxygen atoms in total. The summed E-state index contributed by atoms with van der Waals surface area (Å²) in [4.78, 5) is 4.08. The molecule has 1 saturated carbocycles. The van der Waals surface area contributed by atoms with Crippen molar-refractivity contribution in [3.63, 3.8) is 0 Å². The number of pyridine rings is 1. The minimum atomic E-state index is -0.511. The van der Waals surface area contributed by atoms with Gasteiger partial charge in [-0.3, -0.25) is 4.98 Å². The molecule has 5 atom stereocenters. The fraction of sp³-hybridized carbons (Fsp3) is 0.423. The highest BCUT2D eigenvalue weighted by Gasteiger charge is 2.43. The minimum absolute atomic E-state index is 0.141. The van der Waals surface area contributed by atoms with Gasteiger partial charge in [0.1, 0.15) is 0 Å². The summed E-state index contributed by atoms with van der Waals surface area (Å²) in [6.07, 6.45) is 13.9. The lowest BCUT2D eigenvalue weighted by molar-refractivity contribution is 0.140. The van der Waals surface area contributed by atoms with Crippen LogP contribution >= 0.6 is 0 Å². The third-order valence-corrected chi connectivity index (χ3v) is 6.52. The van der Waals surface area contributed by atoms with Crippen LogP contribution in [0.25, 0.3) is 0 Å². The number of fused-ring (bicyclic) bond motifs is 1. The maximum Gasteiger partial charge on any atom is 0.0761 e. The van der Waals surface area contributed by atoms with Gasteiger partial charge >= 0.3 is 0 Å². The summed E-state index contributed by atoms with van der Waals surface area (Å²) in [6.45, 7) is 2.07. The molecule has 0 spiro atoms. The molecule has 0 bridgehead atoms. The molecule has 4 rings (SSSR count). The van der Waals surface area contributed by atoms with Crippen LogP contribution in [0, 0.1) is 24.7 Å². The summed E-state index contributed by atoms with van der Waals surface area (Å²) in [5.74, 6) is 1.09. The molecule has 3 heteroatoms. The van der Waals surface area contributed by atoms with Crippen LogP contribution in [0.15, 0.2) is 72.6 Å². The molecule has 2 aliphatic rings. The number of hydrogen-bond donors (Lipinski definition) is 2. The Balaban J connectivity index is 1.33. The molecule has 1 aromatic carbocycles. The van der Waals surface area contributed by atoms with Gasteiger partial charge in [-0.2, -0.15) is 0 Å². The van der Waals surface area contributed by atoms with E-state index in [9.17, 15) is 10.2 Å². The fourth-order valence-corrected chi connectivity index (χ4v) is 5.05. The number of aliphatic hydroxyl groups is 2. The lowest BCUT2D eigenvalue weighted by Crippen LogP contribution is -2.18. The van der Waals surface area contributed by atoms with Crippen molar-refractivity contribution in [2.24, 2.45) is 17.8 Å². The number of aromatic nitrogens is 1. The van der Waals surface area contributed by atoms with E-state index in [-0.39, 0.29) is 12.0 Å². The summed E-state index contributed by atoms with van der Waals surface area (Å²) in [5, 5.41) is 21.0. The predicted molar refractivity (Wildman–Crippen MR) is 116 cm³/mol. The van der Waals surface area contributed by atoms with Gasteiger partial charge in [-0.05, 0) is 67.7 Å². The van der Waals surface area contributed by atoms with Gasteiger partial charge in [0, 0.05) is 24.7 Å². The van der Waals surface area contributed by atoms with E-state index in [2.05, 4.69) is 54.4 Å². The van der Waals surface area contributed by atoms with E-state index < -0.39 is 6.10 Å². The van der Waals surface area contributed by atoms with E-state index in [1.54, 1.807) is 0 Å². The third-order valence-electron chi connectivity index (χ3n) is 6.52. The van der Waals surface area contributed by atoms with E-state index in [0.717, 1.165) is 31.2 Å². The Morgan fingerprint density at radius 1 is 1.14 bits per heavy atom. The molecule has 0 saturated heterocycles. The molecule has 2 N–H and O–H groups in total. The van der Waals surface area contributed by atoms with Gasteiger partial charge in [-0.25, -0.2) is 0 Å². The Bertz CT molecular complexity index is 873. The number of aryl methyl sites for hydroxylation is 2. The van der Waals surface area contributed by atoms with Crippen LogP contribution in [0.4, 0.5) is 0 Å². The molecule has 29 heavy (non-hydrogen) atoms. The van der Waals surface area contributed by atoms with Gasteiger partial charge in [-0.15, -0.1) is 0 Å². The van der Waals surface area contributed by atoms with Crippen LogP contribution in [0.5, 0.6) is 0 Å². The minimum Gasteiger partial charge on any atom is -0.392 e. The van der Waals surface area contributed by atoms with Gasteiger partial charge in [-0.1, -0.05) is 53.6 Å². The summed E-state index contributed by atoms with van der Waals surface area (Å²) in [6, 6.07) is 12.4. The van der Waals surface area contributed by atoms with Crippen molar-refractivity contribution in [3.8, 4) is 0 Å². The van der Waals surface area contributed by atoms with E-state index >= 15 is 0 Å². The van der Waals surface area contributed by atoms with Crippen LogP contribution in [-0.4, -0.2) is 27.4 Å². The zero-order valence-electron chi connectivity index (χ0n) is 17.1. The Morgan fingerprint density at radius 3 is 2.76 bits per heavy atom. The van der Waals surface area contributed by atoms with E-state index in [0.29, 0.717) is 18.3 Å². The van der Waals surface area contributed by atoms with Crippen molar-refractivity contribution in [1.82, 2.24) is 4.98 Å². The summed E-state index contributed by atoms with van der Waals surface area (Å²) in [5.41, 5.74) is 5.20. The molecule has 1 fully saturated rings. The van der Waals surface area contributed by atoms with Crippen molar-refractivity contribution in [1.29, 1.82) is 0 Å². The summed E-state index contributed by atoms with van der Waals surface area (Å²) in [7, 11) is 0. The highest BCUT2D eigenvalue weighted by molar-refractivity contribution is 5.25. The van der Waals surface area contributed by atoms with Crippen molar-refractivity contribution in [3.05, 3.63) is 89.3 Å². The summed E-state index contributed by atoms with van der Waals surface area (Å²) >= 11 is 0. The predicted octanol–water partition coefficient (Wildman–Crippen LogP) is 4.43. The highest BCUT2D eigenvalue weighted by Crippen LogP contribution is 2.48. The molecule has 2 aliphatic carbocycles. The first-order chi connectivity index (χ1) is 14.1. The average molecular weight is 390 g/mol. The second-order valence-electron chi connectivity index (χ2n) is 8.74. The smallest absolute Gasteiger partial charge is 0.0761 e. The standard InChI is InChI=1S/C26H31NO2/c1-18-3-2-4-20(13-18)15-23(28)7-8-24-25-16-21(14-22(25)17-26(24)29)6-5-19-9-11-27-12-10-19/h2-4,7-14,22-26,28-29H,5-6,15-17H2,1H3/b8-7+/t22-,23-,24+,25-,26+/m0/s1. The Labute approximate surface area is 173 Å². The van der Waals surface area contributed by atoms with Gasteiger partial charge in [0.15, 0.2) is 0 Å². The molecule has 152 valence electrons. The molecular formula is C26H31NO2. The Hall–Kier alpha value is -2.23. The zero-order valence-corrected chi connectivity index (χ0v) is 17.1. The largest absolute Gasteiger partial charge is 0.392 e. The van der Waals surface area contributed by atoms with Crippen LogP contribution in [0.2, 0.25) is 0 Å². The second kappa shape index (κ2) is 9.06. The monoisotopic (exact) mass is 389 g/mol. The van der Waals surface area contributed by atoms with Crippen molar-refractivity contribution < 1.29 is 10.2 Å². The first kappa shape index (κ1) is 20.1. The van der Waals surface area contributed by atoms with Crippen LogP contribution < -0.4 is 0 Å². The average Bonchev–Trinajstić information content (AvgIpc) is 3.22. The lowest BCUT2D eigenvalue weighted by Gasteiger charge is -2.19. The number of hydrogen-bond acceptors (Lipinski definition) is 3. The molecule has 0 amide bonds. The van der Waals surface area contributed by atoms with Gasteiger partial charge < -0.3 is 10.2 Å². The number of rotatable bonds is 7. The van der Waals surface area contributed by atoms with Gasteiger partial charge in [0.2, 0.25) is 0 Å². The number of benzene rings is 1. The molecule has 0 unspecified atom stereocenters.